The van der Waals surface area contributed by atoms with Gasteiger partial charge in [0.1, 0.15) is 13.2 Å². The molecule has 0 aromatic heterocycles. The Kier molecular flexibility index (Phi) is 6.14. The number of alkyl carbamates (subject to hydrolysis) is 1. The molecule has 8 heteroatoms. The van der Waals surface area contributed by atoms with E-state index in [-0.39, 0.29) is 13.2 Å². The van der Waals surface area contributed by atoms with E-state index in [1.54, 1.807) is 12.1 Å². The lowest BCUT2D eigenvalue weighted by molar-refractivity contribution is -0.143. The number of hydrazine groups is 1. The van der Waals surface area contributed by atoms with Crippen LogP contribution in [0.25, 0.3) is 0 Å². The number of imide groups is 1. The molecule has 108 valence electrons. The number of nitrogens with two attached hydrogens (primary N) is 2. The van der Waals surface area contributed by atoms with Gasteiger partial charge in [0.15, 0.2) is 0 Å². The summed E-state index contributed by atoms with van der Waals surface area (Å²) in [5.41, 5.74) is 5.86. The third-order valence-electron chi connectivity index (χ3n) is 2.31. The number of benzene rings is 1. The van der Waals surface area contributed by atoms with E-state index in [0.29, 0.717) is 5.01 Å². The van der Waals surface area contributed by atoms with E-state index >= 15 is 0 Å². The van der Waals surface area contributed by atoms with E-state index in [2.05, 4.69) is 5.32 Å². The van der Waals surface area contributed by atoms with Crippen LogP contribution < -0.4 is 16.9 Å². The van der Waals surface area contributed by atoms with Crippen molar-refractivity contribution >= 4 is 17.9 Å². The molecule has 0 saturated carbocycles. The number of hydrogen-bond acceptors (Lipinski definition) is 6. The molecule has 0 radical (unpaired) electrons. The fourth-order valence-corrected chi connectivity index (χ4v) is 1.24. The summed E-state index contributed by atoms with van der Waals surface area (Å²) in [5, 5.41) is 2.55. The number of nitrogens with one attached hydrogen (secondary N) is 1. The highest BCUT2D eigenvalue weighted by Crippen LogP contribution is 2.00. The van der Waals surface area contributed by atoms with Crippen LogP contribution in [0.3, 0.4) is 0 Å². The van der Waals surface area contributed by atoms with Crippen molar-refractivity contribution in [1.82, 2.24) is 10.3 Å². The Morgan fingerprint density at radius 2 is 1.80 bits per heavy atom. The minimum Gasteiger partial charge on any atom is -0.445 e. The highest BCUT2D eigenvalue weighted by Gasteiger charge is 2.17. The van der Waals surface area contributed by atoms with E-state index in [1.165, 1.54) is 0 Å². The van der Waals surface area contributed by atoms with E-state index in [1.807, 2.05) is 18.2 Å². The first kappa shape index (κ1) is 15.6. The topological polar surface area (TPSA) is 128 Å². The molecule has 0 aliphatic heterocycles. The van der Waals surface area contributed by atoms with Gasteiger partial charge in [0.25, 0.3) is 11.8 Å². The Bertz CT molecular complexity index is 478. The van der Waals surface area contributed by atoms with Crippen molar-refractivity contribution in [3.63, 3.8) is 0 Å². The van der Waals surface area contributed by atoms with E-state index in [0.717, 1.165) is 5.56 Å². The molecule has 0 aliphatic rings. The van der Waals surface area contributed by atoms with Crippen molar-refractivity contribution < 1.29 is 19.1 Å². The first-order valence-electron chi connectivity index (χ1n) is 5.79. The Balaban J connectivity index is 2.29. The summed E-state index contributed by atoms with van der Waals surface area (Å²) in [6, 6.07) is 9.04. The average Bonchev–Trinajstić information content (AvgIpc) is 2.49. The molecule has 8 nitrogen and oxygen atoms in total. The molecule has 0 saturated heterocycles. The molecule has 1 aromatic rings. The van der Waals surface area contributed by atoms with Gasteiger partial charge in [0, 0.05) is 0 Å². The number of carbonyl (C=O) groups excluding carboxylic acids is 3. The fourth-order valence-electron chi connectivity index (χ4n) is 1.24. The van der Waals surface area contributed by atoms with Crippen molar-refractivity contribution in [3.8, 4) is 0 Å². The van der Waals surface area contributed by atoms with E-state index in [9.17, 15) is 14.4 Å². The van der Waals surface area contributed by atoms with Gasteiger partial charge in [0.05, 0.1) is 6.54 Å². The van der Waals surface area contributed by atoms with Crippen LogP contribution in [0, 0.1) is 0 Å². The molecule has 3 amide bonds. The van der Waals surface area contributed by atoms with Crippen LogP contribution in [0.15, 0.2) is 30.3 Å². The summed E-state index contributed by atoms with van der Waals surface area (Å²) in [7, 11) is 0. The number of rotatable bonds is 5. The summed E-state index contributed by atoms with van der Waals surface area (Å²) in [5.74, 6) is 3.66. The highest BCUT2D eigenvalue weighted by molar-refractivity contribution is 5.97. The molecule has 0 fully saturated rings. The molecule has 5 N–H and O–H groups in total. The van der Waals surface area contributed by atoms with Crippen LogP contribution in [0.5, 0.6) is 0 Å². The van der Waals surface area contributed by atoms with Gasteiger partial charge in [0.2, 0.25) is 0 Å². The Labute approximate surface area is 115 Å². The predicted octanol–water partition coefficient (Wildman–Crippen LogP) is -0.900. The van der Waals surface area contributed by atoms with Gasteiger partial charge in [-0.05, 0) is 5.56 Å². The molecule has 0 atom stereocenters. The predicted molar refractivity (Wildman–Crippen MR) is 69.7 cm³/mol. The molecule has 0 heterocycles. The largest absolute Gasteiger partial charge is 0.445 e. The lowest BCUT2D eigenvalue weighted by Crippen LogP contribution is -2.49. The Hall–Kier alpha value is -2.45. The first-order valence-corrected chi connectivity index (χ1v) is 5.79. The van der Waals surface area contributed by atoms with Gasteiger partial charge in [-0.25, -0.2) is 15.6 Å². The van der Waals surface area contributed by atoms with Gasteiger partial charge in [-0.3, -0.25) is 9.59 Å². The zero-order valence-electron chi connectivity index (χ0n) is 10.7. The molecule has 0 aliphatic carbocycles. The minimum absolute atomic E-state index is 0.0783. The standard InChI is InChI=1S/C12H16N4O4/c13-6-10(17)16(14)11(18)7-15-12(19)20-8-9-4-2-1-3-5-9/h1-5H,6-8,13-14H2,(H,15,19). The molecular weight excluding hydrogens is 264 g/mol. The van der Waals surface area contributed by atoms with Crippen LogP contribution >= 0.6 is 0 Å². The zero-order valence-corrected chi connectivity index (χ0v) is 10.7. The molecular formula is C12H16N4O4. The number of carbonyl (C=O) groups is 3. The normalized spacial score (nSPS) is 9.70. The molecule has 0 spiro atoms. The third-order valence-corrected chi connectivity index (χ3v) is 2.31. The smallest absolute Gasteiger partial charge is 0.407 e. The SMILES string of the molecule is NCC(=O)N(N)C(=O)CNC(=O)OCc1ccccc1. The van der Waals surface area contributed by atoms with Gasteiger partial charge >= 0.3 is 6.09 Å². The zero-order chi connectivity index (χ0) is 15.0. The van der Waals surface area contributed by atoms with Gasteiger partial charge < -0.3 is 15.8 Å². The molecule has 0 unspecified atom stereocenters. The summed E-state index contributed by atoms with van der Waals surface area (Å²) >= 11 is 0. The van der Waals surface area contributed by atoms with Crippen molar-refractivity contribution in [3.05, 3.63) is 35.9 Å². The van der Waals surface area contributed by atoms with Crippen LogP contribution in [-0.2, 0) is 20.9 Å². The average molecular weight is 280 g/mol. The monoisotopic (exact) mass is 280 g/mol. The number of amides is 3. The maximum atomic E-state index is 11.4. The molecule has 20 heavy (non-hydrogen) atoms. The second-order valence-corrected chi connectivity index (χ2v) is 3.78. The lowest BCUT2D eigenvalue weighted by Gasteiger charge is -2.13. The summed E-state index contributed by atoms with van der Waals surface area (Å²) in [6.07, 6.45) is -0.782. The number of nitrogens with zero attached hydrogens (tertiary/aromatic N) is 1. The quantitative estimate of drug-likeness (QED) is 0.364. The Morgan fingerprint density at radius 3 is 2.40 bits per heavy atom. The molecule has 0 bridgehead atoms. The van der Waals surface area contributed by atoms with Gasteiger partial charge in [-0.1, -0.05) is 30.3 Å². The Morgan fingerprint density at radius 1 is 1.15 bits per heavy atom. The van der Waals surface area contributed by atoms with Crippen LogP contribution in [-0.4, -0.2) is 36.0 Å². The van der Waals surface area contributed by atoms with Crippen molar-refractivity contribution in [1.29, 1.82) is 0 Å². The van der Waals surface area contributed by atoms with Gasteiger partial charge in [-0.15, -0.1) is 0 Å². The minimum atomic E-state index is -0.782. The second kappa shape index (κ2) is 7.87. The van der Waals surface area contributed by atoms with Crippen LogP contribution in [0.4, 0.5) is 4.79 Å². The number of hydrogen-bond donors (Lipinski definition) is 3. The van der Waals surface area contributed by atoms with Crippen LogP contribution in [0.1, 0.15) is 5.56 Å². The van der Waals surface area contributed by atoms with Crippen molar-refractivity contribution in [2.45, 2.75) is 6.61 Å². The summed E-state index contributed by atoms with van der Waals surface area (Å²) < 4.78 is 4.87. The van der Waals surface area contributed by atoms with Crippen molar-refractivity contribution in [2.24, 2.45) is 11.6 Å². The van der Waals surface area contributed by atoms with E-state index < -0.39 is 24.5 Å². The highest BCUT2D eigenvalue weighted by atomic mass is 16.5. The summed E-state index contributed by atoms with van der Waals surface area (Å²) in [4.78, 5) is 33.7. The fraction of sp³-hybridized carbons (Fsp3) is 0.250. The third kappa shape index (κ3) is 5.04. The molecule has 1 rings (SSSR count). The van der Waals surface area contributed by atoms with Crippen molar-refractivity contribution in [2.75, 3.05) is 13.1 Å². The molecule has 1 aromatic carbocycles. The first-order chi connectivity index (χ1) is 9.54. The van der Waals surface area contributed by atoms with Crippen LogP contribution in [0.2, 0.25) is 0 Å². The second-order valence-electron chi connectivity index (χ2n) is 3.78. The lowest BCUT2D eigenvalue weighted by atomic mass is 10.2. The van der Waals surface area contributed by atoms with Gasteiger partial charge in [-0.2, -0.15) is 0 Å². The maximum absolute atomic E-state index is 11.4. The van der Waals surface area contributed by atoms with E-state index in [4.69, 9.17) is 16.3 Å². The summed E-state index contributed by atoms with van der Waals surface area (Å²) in [6.45, 7) is -0.758. The number of ether oxygens (including phenoxy) is 1. The maximum Gasteiger partial charge on any atom is 0.407 e.